The molecule has 0 radical (unpaired) electrons. The maximum atomic E-state index is 5.49. The third-order valence-corrected chi connectivity index (χ3v) is 5.49. The summed E-state index contributed by atoms with van der Waals surface area (Å²) in [6.07, 6.45) is 2.41. The van der Waals surface area contributed by atoms with Crippen LogP contribution in [0.5, 0.6) is 0 Å². The molecule has 2 aliphatic heterocycles. The highest BCUT2D eigenvalue weighted by molar-refractivity contribution is 7.99. The number of ether oxygens (including phenoxy) is 1. The molecule has 1 aromatic carbocycles. The molecule has 0 saturated carbocycles. The number of likely N-dealkylation sites (N-methyl/N-ethyl adjacent to an activating group) is 1. The van der Waals surface area contributed by atoms with Gasteiger partial charge in [0.2, 0.25) is 0 Å². The summed E-state index contributed by atoms with van der Waals surface area (Å²) in [5, 5.41) is 3.59. The number of rotatable bonds is 3. The Balaban J connectivity index is 1.80. The molecule has 2 nitrogen and oxygen atoms in total. The first-order valence-corrected chi connectivity index (χ1v) is 7.85. The van der Waals surface area contributed by atoms with Crippen molar-refractivity contribution in [3.8, 4) is 0 Å². The van der Waals surface area contributed by atoms with E-state index in [1.54, 1.807) is 5.56 Å². The van der Waals surface area contributed by atoms with Crippen molar-refractivity contribution >= 4 is 11.8 Å². The van der Waals surface area contributed by atoms with Crippen molar-refractivity contribution < 1.29 is 4.74 Å². The fourth-order valence-electron chi connectivity index (χ4n) is 3.33. The molecule has 0 aromatic heterocycles. The van der Waals surface area contributed by atoms with Crippen LogP contribution in [0, 0.1) is 5.92 Å². The summed E-state index contributed by atoms with van der Waals surface area (Å²) in [5.74, 6) is 2.65. The van der Waals surface area contributed by atoms with Crippen LogP contribution in [0.4, 0.5) is 0 Å². The molecule has 0 spiro atoms. The number of hydrogen-bond donors (Lipinski definition) is 1. The lowest BCUT2D eigenvalue weighted by Gasteiger charge is -2.34. The molecule has 1 aromatic rings. The third-order valence-electron chi connectivity index (χ3n) is 4.28. The Morgan fingerprint density at radius 1 is 1.28 bits per heavy atom. The van der Waals surface area contributed by atoms with E-state index in [0.29, 0.717) is 12.0 Å². The van der Waals surface area contributed by atoms with Crippen molar-refractivity contribution in [3.05, 3.63) is 29.8 Å². The van der Waals surface area contributed by atoms with Gasteiger partial charge < -0.3 is 10.1 Å². The van der Waals surface area contributed by atoms with Gasteiger partial charge in [0.05, 0.1) is 0 Å². The van der Waals surface area contributed by atoms with E-state index < -0.39 is 0 Å². The Kier molecular flexibility index (Phi) is 3.92. The largest absolute Gasteiger partial charge is 0.381 e. The van der Waals surface area contributed by atoms with Gasteiger partial charge in [-0.25, -0.2) is 0 Å². The molecule has 2 unspecified atom stereocenters. The molecular formula is C15H21NOS. The Morgan fingerprint density at radius 3 is 2.83 bits per heavy atom. The monoisotopic (exact) mass is 263 g/mol. The summed E-state index contributed by atoms with van der Waals surface area (Å²) >= 11 is 2.01. The molecular weight excluding hydrogens is 242 g/mol. The zero-order valence-electron chi connectivity index (χ0n) is 10.9. The van der Waals surface area contributed by atoms with Crippen molar-refractivity contribution in [3.63, 3.8) is 0 Å². The summed E-state index contributed by atoms with van der Waals surface area (Å²) in [4.78, 5) is 1.48. The second-order valence-electron chi connectivity index (χ2n) is 5.22. The zero-order valence-corrected chi connectivity index (χ0v) is 11.7. The van der Waals surface area contributed by atoms with Gasteiger partial charge in [0, 0.05) is 35.8 Å². The van der Waals surface area contributed by atoms with E-state index >= 15 is 0 Å². The summed E-state index contributed by atoms with van der Waals surface area (Å²) in [6, 6.07) is 9.50. The first-order valence-electron chi connectivity index (χ1n) is 6.87. The average Bonchev–Trinajstić information content (AvgIpc) is 2.85. The average molecular weight is 263 g/mol. The predicted octanol–water partition coefficient (Wildman–Crippen LogP) is 2.89. The molecule has 0 amide bonds. The van der Waals surface area contributed by atoms with Gasteiger partial charge in [-0.1, -0.05) is 18.2 Å². The number of thioether (sulfide) groups is 1. The van der Waals surface area contributed by atoms with Gasteiger partial charge in [0.15, 0.2) is 0 Å². The van der Waals surface area contributed by atoms with Crippen LogP contribution in [-0.2, 0) is 4.74 Å². The van der Waals surface area contributed by atoms with Crippen LogP contribution in [0.25, 0.3) is 0 Å². The summed E-state index contributed by atoms with van der Waals surface area (Å²) in [7, 11) is 2.12. The Morgan fingerprint density at radius 2 is 2.06 bits per heavy atom. The van der Waals surface area contributed by atoms with Gasteiger partial charge in [0.1, 0.15) is 0 Å². The van der Waals surface area contributed by atoms with Crippen LogP contribution in [0.15, 0.2) is 29.2 Å². The van der Waals surface area contributed by atoms with Crippen molar-refractivity contribution in [2.75, 3.05) is 26.0 Å². The van der Waals surface area contributed by atoms with Crippen LogP contribution in [0.1, 0.15) is 24.3 Å². The van der Waals surface area contributed by atoms with E-state index in [9.17, 15) is 0 Å². The first-order chi connectivity index (χ1) is 8.90. The van der Waals surface area contributed by atoms with E-state index in [-0.39, 0.29) is 0 Å². The van der Waals surface area contributed by atoms with Crippen LogP contribution in [-0.4, -0.2) is 32.1 Å². The Hall–Kier alpha value is -0.510. The topological polar surface area (TPSA) is 21.3 Å². The fraction of sp³-hybridized carbons (Fsp3) is 0.600. The molecule has 0 aliphatic carbocycles. The van der Waals surface area contributed by atoms with E-state index in [0.717, 1.165) is 19.1 Å². The molecule has 2 aliphatic rings. The third kappa shape index (κ3) is 2.31. The number of fused-ring (bicyclic) bond motifs is 1. The maximum absolute atomic E-state index is 5.49. The molecule has 2 atom stereocenters. The fourth-order valence-corrected chi connectivity index (χ4v) is 4.63. The molecule has 0 bridgehead atoms. The highest BCUT2D eigenvalue weighted by Gasteiger charge is 2.34. The number of nitrogens with one attached hydrogen (secondary N) is 1. The molecule has 1 N–H and O–H groups in total. The predicted molar refractivity (Wildman–Crippen MR) is 76.3 cm³/mol. The minimum atomic E-state index is 0.602. The highest BCUT2D eigenvalue weighted by atomic mass is 32.2. The van der Waals surface area contributed by atoms with Crippen LogP contribution >= 0.6 is 11.8 Å². The standard InChI is InChI=1S/C15H21NOS/c1-16-15(11-6-8-17-9-7-11)13-10-18-14-5-3-2-4-12(13)14/h2-5,11,13,15-16H,6-10H2,1H3. The highest BCUT2D eigenvalue weighted by Crippen LogP contribution is 2.43. The Bertz CT molecular complexity index is 403. The summed E-state index contributed by atoms with van der Waals surface area (Å²) in [5.41, 5.74) is 1.55. The van der Waals surface area contributed by atoms with E-state index in [1.165, 1.54) is 23.5 Å². The lowest BCUT2D eigenvalue weighted by molar-refractivity contribution is 0.0520. The number of benzene rings is 1. The normalized spacial score (nSPS) is 25.9. The molecule has 1 saturated heterocycles. The lowest BCUT2D eigenvalue weighted by atomic mass is 9.81. The molecule has 3 heteroatoms. The quantitative estimate of drug-likeness (QED) is 0.906. The van der Waals surface area contributed by atoms with Crippen LogP contribution < -0.4 is 5.32 Å². The molecule has 1 fully saturated rings. The molecule has 18 heavy (non-hydrogen) atoms. The van der Waals surface area contributed by atoms with Gasteiger partial charge in [-0.2, -0.15) is 0 Å². The number of hydrogen-bond acceptors (Lipinski definition) is 3. The van der Waals surface area contributed by atoms with Gasteiger partial charge in [-0.05, 0) is 37.4 Å². The molecule has 3 rings (SSSR count). The smallest absolute Gasteiger partial charge is 0.0469 e. The van der Waals surface area contributed by atoms with Crippen LogP contribution in [0.2, 0.25) is 0 Å². The second-order valence-corrected chi connectivity index (χ2v) is 6.28. The minimum absolute atomic E-state index is 0.602. The SMILES string of the molecule is CNC(C1CCOCC1)C1CSc2ccccc21. The zero-order chi connectivity index (χ0) is 12.4. The summed E-state index contributed by atoms with van der Waals surface area (Å²) < 4.78 is 5.49. The Labute approximate surface area is 113 Å². The lowest BCUT2D eigenvalue weighted by Crippen LogP contribution is -2.41. The second kappa shape index (κ2) is 5.64. The van der Waals surface area contributed by atoms with E-state index in [4.69, 9.17) is 4.74 Å². The first kappa shape index (κ1) is 12.5. The van der Waals surface area contributed by atoms with Crippen molar-refractivity contribution in [1.29, 1.82) is 0 Å². The van der Waals surface area contributed by atoms with Crippen molar-refractivity contribution in [2.24, 2.45) is 5.92 Å². The van der Waals surface area contributed by atoms with Crippen molar-refractivity contribution in [2.45, 2.75) is 29.7 Å². The van der Waals surface area contributed by atoms with Gasteiger partial charge in [0.25, 0.3) is 0 Å². The van der Waals surface area contributed by atoms with Gasteiger partial charge in [-0.15, -0.1) is 11.8 Å². The molecule has 98 valence electrons. The maximum Gasteiger partial charge on any atom is 0.0469 e. The van der Waals surface area contributed by atoms with Crippen molar-refractivity contribution in [1.82, 2.24) is 5.32 Å². The van der Waals surface area contributed by atoms with Gasteiger partial charge >= 0.3 is 0 Å². The summed E-state index contributed by atoms with van der Waals surface area (Å²) in [6.45, 7) is 1.87. The van der Waals surface area contributed by atoms with Gasteiger partial charge in [-0.3, -0.25) is 0 Å². The van der Waals surface area contributed by atoms with E-state index in [1.807, 2.05) is 11.8 Å². The minimum Gasteiger partial charge on any atom is -0.381 e. The van der Waals surface area contributed by atoms with Crippen LogP contribution in [0.3, 0.4) is 0 Å². The molecule has 2 heterocycles. The van der Waals surface area contributed by atoms with E-state index in [2.05, 4.69) is 36.6 Å².